The average molecular weight is 305 g/mol. The Balaban J connectivity index is 1.55. The fourth-order valence-electron chi connectivity index (χ4n) is 3.61. The molecule has 0 radical (unpaired) electrons. The van der Waals surface area contributed by atoms with Crippen molar-refractivity contribution in [2.75, 3.05) is 11.4 Å². The highest BCUT2D eigenvalue weighted by molar-refractivity contribution is 5.49. The first-order valence-corrected chi connectivity index (χ1v) is 8.44. The summed E-state index contributed by atoms with van der Waals surface area (Å²) in [5.74, 6) is 2.61. The summed E-state index contributed by atoms with van der Waals surface area (Å²) in [4.78, 5) is 2.42. The normalized spacial score (nSPS) is 21.2. The van der Waals surface area contributed by atoms with Gasteiger partial charge >= 0.3 is 0 Å². The van der Waals surface area contributed by atoms with E-state index in [1.54, 1.807) is 0 Å². The van der Waals surface area contributed by atoms with Gasteiger partial charge in [-0.05, 0) is 43.4 Å². The molecule has 3 heterocycles. The van der Waals surface area contributed by atoms with Gasteiger partial charge in [-0.25, -0.2) is 0 Å². The van der Waals surface area contributed by atoms with Gasteiger partial charge < -0.3 is 4.90 Å². The van der Waals surface area contributed by atoms with E-state index in [4.69, 9.17) is 5.10 Å². The largest absolute Gasteiger partial charge is 0.348 e. The number of anilines is 1. The van der Waals surface area contributed by atoms with E-state index in [-0.39, 0.29) is 0 Å². The van der Waals surface area contributed by atoms with Crippen LogP contribution in [-0.4, -0.2) is 26.4 Å². The maximum absolute atomic E-state index is 4.87. The van der Waals surface area contributed by atoms with E-state index in [1.807, 2.05) is 10.6 Å². The second-order valence-electron chi connectivity index (χ2n) is 6.56. The lowest BCUT2D eigenvalue weighted by Gasteiger charge is -2.26. The quantitative estimate of drug-likeness (QED) is 0.744. The second-order valence-corrected chi connectivity index (χ2v) is 6.56. The van der Waals surface area contributed by atoms with E-state index in [1.165, 1.54) is 31.2 Å². The predicted octanol–water partition coefficient (Wildman–Crippen LogP) is 3.34. The summed E-state index contributed by atoms with van der Waals surface area (Å²) in [7, 11) is 0. The second kappa shape index (κ2) is 5.05. The smallest absolute Gasteiger partial charge is 0.178 e. The van der Waals surface area contributed by atoms with Gasteiger partial charge in [-0.15, -0.1) is 15.3 Å². The van der Waals surface area contributed by atoms with Crippen molar-refractivity contribution >= 4 is 11.5 Å². The number of rotatable bonds is 3. The molecule has 0 bridgehead atoms. The maximum atomic E-state index is 4.87. The Morgan fingerprint density at radius 3 is 2.61 bits per heavy atom. The van der Waals surface area contributed by atoms with Gasteiger partial charge in [0, 0.05) is 12.5 Å². The number of benzene rings is 1. The van der Waals surface area contributed by atoms with E-state index in [0.29, 0.717) is 12.0 Å². The molecule has 2 aliphatic rings. The van der Waals surface area contributed by atoms with Crippen LogP contribution in [0, 0.1) is 0 Å². The highest BCUT2D eigenvalue weighted by Crippen LogP contribution is 2.39. The molecule has 0 N–H and O–H groups in total. The predicted molar refractivity (Wildman–Crippen MR) is 88.5 cm³/mol. The first-order chi connectivity index (χ1) is 11.4. The van der Waals surface area contributed by atoms with Gasteiger partial charge in [0.15, 0.2) is 11.5 Å². The average Bonchev–Trinajstić information content (AvgIpc) is 3.18. The molecule has 1 atom stereocenters. The minimum Gasteiger partial charge on any atom is -0.348 e. The monoisotopic (exact) mass is 305 g/mol. The lowest BCUT2D eigenvalue weighted by Crippen LogP contribution is -2.24. The molecular weight excluding hydrogens is 286 g/mol. The van der Waals surface area contributed by atoms with Crippen molar-refractivity contribution in [1.82, 2.24) is 19.8 Å². The lowest BCUT2D eigenvalue weighted by atomic mass is 10.0. The van der Waals surface area contributed by atoms with Gasteiger partial charge in [-0.1, -0.05) is 30.3 Å². The molecule has 116 valence electrons. The molecule has 1 aliphatic carbocycles. The third kappa shape index (κ3) is 2.19. The van der Waals surface area contributed by atoms with Crippen LogP contribution in [-0.2, 0) is 0 Å². The molecule has 5 heteroatoms. The minimum absolute atomic E-state index is 0.419. The Labute approximate surface area is 135 Å². The van der Waals surface area contributed by atoms with Crippen molar-refractivity contribution in [3.05, 3.63) is 53.9 Å². The van der Waals surface area contributed by atoms with Crippen LogP contribution in [0.3, 0.4) is 0 Å². The summed E-state index contributed by atoms with van der Waals surface area (Å²) < 4.78 is 1.95. The third-order valence-electron chi connectivity index (χ3n) is 4.95. The van der Waals surface area contributed by atoms with Gasteiger partial charge in [0.05, 0.1) is 6.04 Å². The highest BCUT2D eigenvalue weighted by atomic mass is 15.4. The Morgan fingerprint density at radius 2 is 1.78 bits per heavy atom. The van der Waals surface area contributed by atoms with Crippen LogP contribution in [0.4, 0.5) is 5.82 Å². The number of hydrogen-bond acceptors (Lipinski definition) is 4. The summed E-state index contributed by atoms with van der Waals surface area (Å²) in [6.07, 6.45) is 4.81. The molecule has 1 aliphatic heterocycles. The molecular formula is C18H19N5. The van der Waals surface area contributed by atoms with Crippen LogP contribution in [0.15, 0.2) is 42.5 Å². The zero-order valence-corrected chi connectivity index (χ0v) is 13.0. The van der Waals surface area contributed by atoms with E-state index in [9.17, 15) is 0 Å². The number of fused-ring (bicyclic) bond motifs is 1. The van der Waals surface area contributed by atoms with Gasteiger partial charge in [-0.2, -0.15) is 4.52 Å². The van der Waals surface area contributed by atoms with E-state index in [0.717, 1.165) is 23.8 Å². The molecule has 23 heavy (non-hydrogen) atoms. The Bertz CT molecular complexity index is 837. The van der Waals surface area contributed by atoms with Crippen LogP contribution < -0.4 is 4.90 Å². The van der Waals surface area contributed by atoms with Crippen molar-refractivity contribution in [2.24, 2.45) is 0 Å². The van der Waals surface area contributed by atoms with Crippen LogP contribution in [0.1, 0.15) is 49.0 Å². The lowest BCUT2D eigenvalue weighted by molar-refractivity contribution is 0.697. The zero-order valence-electron chi connectivity index (χ0n) is 13.0. The zero-order chi connectivity index (χ0) is 15.2. The topological polar surface area (TPSA) is 46.3 Å². The molecule has 1 saturated heterocycles. The van der Waals surface area contributed by atoms with Gasteiger partial charge in [-0.3, -0.25) is 0 Å². The van der Waals surface area contributed by atoms with Gasteiger partial charge in [0.2, 0.25) is 0 Å². The summed E-state index contributed by atoms with van der Waals surface area (Å²) in [6.45, 7) is 1.05. The third-order valence-corrected chi connectivity index (χ3v) is 4.95. The fraction of sp³-hybridized carbons (Fsp3) is 0.389. The molecule has 0 amide bonds. The SMILES string of the molecule is c1ccc(C2CCCN2c2ccc3nnc(C4CC4)n3n2)cc1. The van der Waals surface area contributed by atoms with E-state index < -0.39 is 0 Å². The van der Waals surface area contributed by atoms with Gasteiger partial charge in [0.1, 0.15) is 5.82 Å². The number of nitrogens with zero attached hydrogens (tertiary/aromatic N) is 5. The van der Waals surface area contributed by atoms with Crippen molar-refractivity contribution in [1.29, 1.82) is 0 Å². The summed E-state index contributed by atoms with van der Waals surface area (Å²) in [6, 6.07) is 15.3. The van der Waals surface area contributed by atoms with Gasteiger partial charge in [0.25, 0.3) is 0 Å². The molecule has 2 fully saturated rings. The first kappa shape index (κ1) is 13.0. The molecule has 0 spiro atoms. The first-order valence-electron chi connectivity index (χ1n) is 8.44. The molecule has 2 aromatic heterocycles. The van der Waals surface area contributed by atoms with Crippen molar-refractivity contribution in [3.8, 4) is 0 Å². The van der Waals surface area contributed by atoms with Crippen molar-refractivity contribution in [3.63, 3.8) is 0 Å². The Kier molecular flexibility index (Phi) is 2.86. The van der Waals surface area contributed by atoms with Crippen LogP contribution in [0.25, 0.3) is 5.65 Å². The molecule has 5 rings (SSSR count). The van der Waals surface area contributed by atoms with E-state index >= 15 is 0 Å². The van der Waals surface area contributed by atoms with E-state index in [2.05, 4.69) is 51.5 Å². The fourth-order valence-corrected chi connectivity index (χ4v) is 3.61. The summed E-state index contributed by atoms with van der Waals surface area (Å²) >= 11 is 0. The van der Waals surface area contributed by atoms with Crippen molar-refractivity contribution in [2.45, 2.75) is 37.6 Å². The molecule has 5 nitrogen and oxygen atoms in total. The van der Waals surface area contributed by atoms with Crippen LogP contribution in [0.2, 0.25) is 0 Å². The number of aromatic nitrogens is 4. The standard InChI is InChI=1S/C18H19N5/c1-2-5-13(6-3-1)15-7-4-12-22(15)17-11-10-16-19-20-18(14-8-9-14)23(16)21-17/h1-3,5-6,10-11,14-15H,4,7-9,12H2. The molecule has 1 unspecified atom stereocenters. The van der Waals surface area contributed by atoms with Crippen LogP contribution in [0.5, 0.6) is 0 Å². The maximum Gasteiger partial charge on any atom is 0.178 e. The molecule has 3 aromatic rings. The van der Waals surface area contributed by atoms with Crippen LogP contribution >= 0.6 is 0 Å². The Hall–Kier alpha value is -2.43. The van der Waals surface area contributed by atoms with Crippen molar-refractivity contribution < 1.29 is 0 Å². The number of hydrogen-bond donors (Lipinski definition) is 0. The molecule has 1 saturated carbocycles. The summed E-state index contributed by atoms with van der Waals surface area (Å²) in [5.41, 5.74) is 2.23. The minimum atomic E-state index is 0.419. The summed E-state index contributed by atoms with van der Waals surface area (Å²) in [5, 5.41) is 13.5. The Morgan fingerprint density at radius 1 is 0.913 bits per heavy atom. The molecule has 1 aromatic carbocycles. The highest BCUT2D eigenvalue weighted by Gasteiger charge is 2.31.